The first-order chi connectivity index (χ1) is 12.5. The van der Waals surface area contributed by atoms with Gasteiger partial charge in [-0.05, 0) is 43.7 Å². The maximum absolute atomic E-state index is 13.8. The summed E-state index contributed by atoms with van der Waals surface area (Å²) in [6.07, 6.45) is 1.47. The van der Waals surface area contributed by atoms with E-state index in [9.17, 15) is 13.2 Å². The lowest BCUT2D eigenvalue weighted by Crippen LogP contribution is -2.18. The molecule has 134 valence electrons. The summed E-state index contributed by atoms with van der Waals surface area (Å²) >= 11 is 0. The summed E-state index contributed by atoms with van der Waals surface area (Å²) in [5.41, 5.74) is 1.73. The lowest BCUT2D eigenvalue weighted by Gasteiger charge is -2.22. The molecule has 0 aliphatic heterocycles. The van der Waals surface area contributed by atoms with Gasteiger partial charge in [-0.2, -0.15) is 10.1 Å². The predicted molar refractivity (Wildman–Crippen MR) is 93.3 cm³/mol. The van der Waals surface area contributed by atoms with Gasteiger partial charge < -0.3 is 10.2 Å². The van der Waals surface area contributed by atoms with Crippen LogP contribution < -0.4 is 10.2 Å². The van der Waals surface area contributed by atoms with Crippen molar-refractivity contribution < 1.29 is 13.2 Å². The molecular formula is C18H16F3N5. The largest absolute Gasteiger partial charge is 0.325 e. The molecule has 0 unspecified atom stereocenters. The minimum Gasteiger partial charge on any atom is -0.325 e. The van der Waals surface area contributed by atoms with Gasteiger partial charge in [0.05, 0.1) is 11.9 Å². The number of nitrogens with one attached hydrogen (secondary N) is 1. The van der Waals surface area contributed by atoms with Gasteiger partial charge in [0.1, 0.15) is 0 Å². The molecule has 0 aliphatic rings. The Bertz CT molecular complexity index is 932. The minimum atomic E-state index is -1.56. The quantitative estimate of drug-likeness (QED) is 0.680. The first kappa shape index (κ1) is 17.7. The van der Waals surface area contributed by atoms with E-state index in [0.29, 0.717) is 12.4 Å². The molecule has 3 aromatic rings. The SMILES string of the molecule is CCN(c1cccc(C)c1)c1cnnc(Nc2ccc(F)c(F)c2F)n1. The van der Waals surface area contributed by atoms with Crippen LogP contribution in [0.5, 0.6) is 0 Å². The average Bonchev–Trinajstić information content (AvgIpc) is 2.63. The fourth-order valence-electron chi connectivity index (χ4n) is 2.49. The smallest absolute Gasteiger partial charge is 0.249 e. The summed E-state index contributed by atoms with van der Waals surface area (Å²) in [5, 5.41) is 10.2. The third kappa shape index (κ3) is 3.58. The number of halogens is 3. The third-order valence-electron chi connectivity index (χ3n) is 3.73. The van der Waals surface area contributed by atoms with E-state index in [1.54, 1.807) is 0 Å². The number of benzene rings is 2. The van der Waals surface area contributed by atoms with Gasteiger partial charge in [0, 0.05) is 12.2 Å². The Labute approximate surface area is 148 Å². The second-order valence-electron chi connectivity index (χ2n) is 5.57. The van der Waals surface area contributed by atoms with Crippen molar-refractivity contribution in [3.63, 3.8) is 0 Å². The van der Waals surface area contributed by atoms with E-state index < -0.39 is 17.5 Å². The maximum atomic E-state index is 13.8. The van der Waals surface area contributed by atoms with Gasteiger partial charge in [0.15, 0.2) is 23.3 Å². The zero-order valence-electron chi connectivity index (χ0n) is 14.2. The minimum absolute atomic E-state index is 0.0292. The lowest BCUT2D eigenvalue weighted by molar-refractivity contribution is 0.449. The molecule has 1 N–H and O–H groups in total. The monoisotopic (exact) mass is 359 g/mol. The summed E-state index contributed by atoms with van der Waals surface area (Å²) < 4.78 is 40.2. The molecule has 0 spiro atoms. The third-order valence-corrected chi connectivity index (χ3v) is 3.73. The molecule has 1 heterocycles. The Morgan fingerprint density at radius 3 is 2.62 bits per heavy atom. The Morgan fingerprint density at radius 2 is 1.88 bits per heavy atom. The van der Waals surface area contributed by atoms with Gasteiger partial charge in [-0.3, -0.25) is 0 Å². The molecule has 0 amide bonds. The van der Waals surface area contributed by atoms with Gasteiger partial charge in [-0.15, -0.1) is 5.10 Å². The molecule has 8 heteroatoms. The number of aryl methyl sites for hydroxylation is 1. The second-order valence-corrected chi connectivity index (χ2v) is 5.57. The fraction of sp³-hybridized carbons (Fsp3) is 0.167. The average molecular weight is 359 g/mol. The van der Waals surface area contributed by atoms with Crippen molar-refractivity contribution in [2.75, 3.05) is 16.8 Å². The summed E-state index contributed by atoms with van der Waals surface area (Å²) in [6, 6.07) is 9.73. The van der Waals surface area contributed by atoms with Crippen molar-refractivity contribution in [3.8, 4) is 0 Å². The van der Waals surface area contributed by atoms with Crippen LogP contribution in [0.4, 0.5) is 36.3 Å². The molecule has 0 fully saturated rings. The van der Waals surface area contributed by atoms with Crippen molar-refractivity contribution >= 4 is 23.1 Å². The molecule has 0 bridgehead atoms. The maximum Gasteiger partial charge on any atom is 0.249 e. The topological polar surface area (TPSA) is 53.9 Å². The molecule has 5 nitrogen and oxygen atoms in total. The summed E-state index contributed by atoms with van der Waals surface area (Å²) in [4.78, 5) is 6.19. The lowest BCUT2D eigenvalue weighted by atomic mass is 10.2. The summed E-state index contributed by atoms with van der Waals surface area (Å²) in [7, 11) is 0. The molecule has 1 aromatic heterocycles. The molecule has 0 aliphatic carbocycles. The highest BCUT2D eigenvalue weighted by Gasteiger charge is 2.16. The molecular weight excluding hydrogens is 343 g/mol. The summed E-state index contributed by atoms with van der Waals surface area (Å²) in [5.74, 6) is -3.71. The van der Waals surface area contributed by atoms with E-state index in [1.807, 2.05) is 43.0 Å². The van der Waals surface area contributed by atoms with E-state index in [-0.39, 0.29) is 11.6 Å². The number of nitrogens with zero attached hydrogens (tertiary/aromatic N) is 4. The Morgan fingerprint density at radius 1 is 1.08 bits per heavy atom. The van der Waals surface area contributed by atoms with E-state index in [4.69, 9.17) is 0 Å². The Kier molecular flexibility index (Phi) is 5.01. The van der Waals surface area contributed by atoms with E-state index in [2.05, 4.69) is 20.5 Å². The Hall–Kier alpha value is -3.16. The standard InChI is InChI=1S/C18H16F3N5/c1-3-26(12-6-4-5-11(2)9-12)15-10-22-25-18(24-15)23-14-8-7-13(19)16(20)17(14)21/h4-10H,3H2,1-2H3,(H,23,24,25). The van der Waals surface area contributed by atoms with Crippen LogP contribution in [-0.4, -0.2) is 21.7 Å². The molecule has 26 heavy (non-hydrogen) atoms. The molecule has 3 rings (SSSR count). The van der Waals surface area contributed by atoms with Crippen LogP contribution in [-0.2, 0) is 0 Å². The van der Waals surface area contributed by atoms with Crippen molar-refractivity contribution in [1.82, 2.24) is 15.2 Å². The van der Waals surface area contributed by atoms with E-state index in [0.717, 1.165) is 23.4 Å². The number of aromatic nitrogens is 3. The second kappa shape index (κ2) is 7.38. The normalized spacial score (nSPS) is 10.7. The molecule has 0 saturated heterocycles. The number of hydrogen-bond acceptors (Lipinski definition) is 5. The number of hydrogen-bond donors (Lipinski definition) is 1. The summed E-state index contributed by atoms with van der Waals surface area (Å²) in [6.45, 7) is 4.54. The molecule has 0 radical (unpaired) electrons. The zero-order chi connectivity index (χ0) is 18.7. The van der Waals surface area contributed by atoms with Gasteiger partial charge in [-0.1, -0.05) is 12.1 Å². The van der Waals surface area contributed by atoms with Crippen molar-refractivity contribution in [2.24, 2.45) is 0 Å². The van der Waals surface area contributed by atoms with Gasteiger partial charge in [0.2, 0.25) is 5.95 Å². The highest BCUT2D eigenvalue weighted by atomic mass is 19.2. The number of rotatable bonds is 5. The molecule has 2 aromatic carbocycles. The number of anilines is 4. The predicted octanol–water partition coefficient (Wildman–Crippen LogP) is 4.50. The van der Waals surface area contributed by atoms with Crippen molar-refractivity contribution in [2.45, 2.75) is 13.8 Å². The van der Waals surface area contributed by atoms with Crippen LogP contribution >= 0.6 is 0 Å². The van der Waals surface area contributed by atoms with Gasteiger partial charge in [-0.25, -0.2) is 13.2 Å². The van der Waals surface area contributed by atoms with E-state index in [1.165, 1.54) is 6.20 Å². The van der Waals surface area contributed by atoms with Crippen LogP contribution in [0.3, 0.4) is 0 Å². The van der Waals surface area contributed by atoms with Crippen LogP contribution in [0.25, 0.3) is 0 Å². The van der Waals surface area contributed by atoms with Gasteiger partial charge in [0.25, 0.3) is 0 Å². The van der Waals surface area contributed by atoms with Gasteiger partial charge >= 0.3 is 0 Å². The zero-order valence-corrected chi connectivity index (χ0v) is 14.2. The molecule has 0 atom stereocenters. The van der Waals surface area contributed by atoms with Crippen LogP contribution in [0.15, 0.2) is 42.6 Å². The first-order valence-corrected chi connectivity index (χ1v) is 7.94. The van der Waals surface area contributed by atoms with Crippen LogP contribution in [0.1, 0.15) is 12.5 Å². The van der Waals surface area contributed by atoms with Crippen LogP contribution in [0, 0.1) is 24.4 Å². The van der Waals surface area contributed by atoms with Crippen molar-refractivity contribution in [1.29, 1.82) is 0 Å². The highest BCUT2D eigenvalue weighted by Crippen LogP contribution is 2.26. The Balaban J connectivity index is 1.92. The highest BCUT2D eigenvalue weighted by molar-refractivity contribution is 5.62. The first-order valence-electron chi connectivity index (χ1n) is 7.94. The fourth-order valence-corrected chi connectivity index (χ4v) is 2.49. The molecule has 0 saturated carbocycles. The van der Waals surface area contributed by atoms with Crippen LogP contribution in [0.2, 0.25) is 0 Å². The van der Waals surface area contributed by atoms with E-state index >= 15 is 0 Å². The van der Waals surface area contributed by atoms with Crippen molar-refractivity contribution in [3.05, 3.63) is 65.6 Å².